The van der Waals surface area contributed by atoms with Gasteiger partial charge in [0.25, 0.3) is 0 Å². The van der Waals surface area contributed by atoms with Gasteiger partial charge >= 0.3 is 0 Å². The Balaban J connectivity index is 2.29. The highest BCUT2D eigenvalue weighted by atomic mass is 35.5. The Kier molecular flexibility index (Phi) is 5.97. The zero-order chi connectivity index (χ0) is 21.0. The first kappa shape index (κ1) is 20.3. The zero-order valence-corrected chi connectivity index (χ0v) is 18.1. The van der Waals surface area contributed by atoms with Gasteiger partial charge in [0.2, 0.25) is 10.6 Å². The topological polar surface area (TPSA) is 62.5 Å². The summed E-state index contributed by atoms with van der Waals surface area (Å²) in [6.07, 6.45) is 0. The molecule has 0 bridgehead atoms. The number of benzene rings is 3. The van der Waals surface area contributed by atoms with Gasteiger partial charge in [-0.05, 0) is 46.0 Å². The molecule has 7 heteroatoms. The normalized spacial score (nSPS) is 11.0. The van der Waals surface area contributed by atoms with Crippen LogP contribution in [-0.4, -0.2) is 20.2 Å². The summed E-state index contributed by atoms with van der Waals surface area (Å²) < 4.78 is 0. The number of rotatable bonds is 4. The lowest BCUT2D eigenvalue weighted by atomic mass is 10.3. The van der Waals surface area contributed by atoms with Gasteiger partial charge in [-0.1, -0.05) is 91.0 Å². The van der Waals surface area contributed by atoms with Crippen LogP contribution in [0.1, 0.15) is 5.82 Å². The lowest BCUT2D eigenvalue weighted by Crippen LogP contribution is -2.31. The van der Waals surface area contributed by atoms with Gasteiger partial charge < -0.3 is 0 Å². The predicted molar refractivity (Wildman–Crippen MR) is 125 cm³/mol. The van der Waals surface area contributed by atoms with Crippen molar-refractivity contribution in [3.05, 3.63) is 107 Å². The largest absolute Gasteiger partial charge is 0.227 e. The molecule has 30 heavy (non-hydrogen) atoms. The first-order valence-electron chi connectivity index (χ1n) is 9.07. The fourth-order valence-corrected chi connectivity index (χ4v) is 7.94. The number of nitrogens with zero attached hydrogens (tertiary/aromatic N) is 4. The molecule has 1 aromatic heterocycles. The molecule has 0 aliphatic rings. The SMILES string of the molecule is N#CC(c1nc(Cl)nc(Cl)n1)=P(c1ccccc1)(c1ccccc1)c1ccccc1. The van der Waals surface area contributed by atoms with Crippen molar-refractivity contribution >= 4 is 51.3 Å². The van der Waals surface area contributed by atoms with Crippen LogP contribution in [0, 0.1) is 11.3 Å². The van der Waals surface area contributed by atoms with Crippen molar-refractivity contribution in [2.75, 3.05) is 0 Å². The van der Waals surface area contributed by atoms with Gasteiger partial charge in [0.05, 0.1) is 0 Å². The lowest BCUT2D eigenvalue weighted by molar-refractivity contribution is 1.03. The van der Waals surface area contributed by atoms with Gasteiger partial charge in [0.1, 0.15) is 11.4 Å². The Bertz CT molecular complexity index is 1150. The van der Waals surface area contributed by atoms with Crippen LogP contribution < -0.4 is 15.9 Å². The van der Waals surface area contributed by atoms with Gasteiger partial charge in [-0.15, -0.1) is 0 Å². The van der Waals surface area contributed by atoms with E-state index in [1.807, 2.05) is 91.0 Å². The molecule has 0 spiro atoms. The molecular weight excluding hydrogens is 434 g/mol. The number of halogens is 2. The average Bonchev–Trinajstić information content (AvgIpc) is 2.78. The summed E-state index contributed by atoms with van der Waals surface area (Å²) in [5.41, 5.74) is 0. The molecule has 146 valence electrons. The average molecular weight is 449 g/mol. The van der Waals surface area contributed by atoms with E-state index in [0.717, 1.165) is 15.9 Å². The van der Waals surface area contributed by atoms with E-state index in [2.05, 4.69) is 21.0 Å². The molecule has 0 saturated heterocycles. The maximum atomic E-state index is 10.4. The minimum Gasteiger partial charge on any atom is -0.197 e. The van der Waals surface area contributed by atoms with Crippen LogP contribution in [0.5, 0.6) is 0 Å². The van der Waals surface area contributed by atoms with Gasteiger partial charge in [-0.2, -0.15) is 20.2 Å². The van der Waals surface area contributed by atoms with Crippen LogP contribution in [0.3, 0.4) is 0 Å². The minimum atomic E-state index is -2.64. The van der Waals surface area contributed by atoms with Crippen molar-refractivity contribution in [3.63, 3.8) is 0 Å². The standard InChI is InChI=1S/C23H15Cl2N4P/c24-22-27-21(28-23(25)29-22)20(16-26)30(17-10-4-1-5-11-17,18-12-6-2-7-13-18)19-14-8-3-9-15-19/h1-15H. The molecular formula is C23H15Cl2N4P. The molecule has 4 rings (SSSR count). The van der Waals surface area contributed by atoms with E-state index >= 15 is 0 Å². The summed E-state index contributed by atoms with van der Waals surface area (Å²) >= 11 is 12.2. The second-order valence-electron chi connectivity index (χ2n) is 6.33. The second kappa shape index (κ2) is 8.81. The summed E-state index contributed by atoms with van der Waals surface area (Å²) in [5, 5.41) is 13.8. The monoisotopic (exact) mass is 448 g/mol. The van der Waals surface area contributed by atoms with Gasteiger partial charge in [0, 0.05) is 0 Å². The van der Waals surface area contributed by atoms with Crippen LogP contribution in [0.25, 0.3) is 0 Å². The van der Waals surface area contributed by atoms with Gasteiger partial charge in [0.15, 0.2) is 5.82 Å². The summed E-state index contributed by atoms with van der Waals surface area (Å²) in [4.78, 5) is 12.4. The Morgan fingerprint density at radius 2 is 1.00 bits per heavy atom. The molecule has 1 heterocycles. The van der Waals surface area contributed by atoms with Crippen molar-refractivity contribution in [1.82, 2.24) is 15.0 Å². The van der Waals surface area contributed by atoms with Crippen LogP contribution in [0.4, 0.5) is 0 Å². The van der Waals surface area contributed by atoms with Crippen molar-refractivity contribution in [2.45, 2.75) is 0 Å². The molecule has 0 saturated carbocycles. The Labute approximate surface area is 184 Å². The number of nitriles is 1. The van der Waals surface area contributed by atoms with Crippen LogP contribution in [-0.2, 0) is 0 Å². The van der Waals surface area contributed by atoms with Crippen molar-refractivity contribution in [3.8, 4) is 6.07 Å². The minimum absolute atomic E-state index is 0.0509. The van der Waals surface area contributed by atoms with E-state index in [1.165, 1.54) is 0 Å². The third-order valence-corrected chi connectivity index (χ3v) is 9.19. The maximum absolute atomic E-state index is 10.4. The molecule has 0 radical (unpaired) electrons. The highest BCUT2D eigenvalue weighted by Gasteiger charge is 2.32. The fourth-order valence-electron chi connectivity index (χ4n) is 3.50. The van der Waals surface area contributed by atoms with Crippen molar-refractivity contribution in [2.24, 2.45) is 0 Å². The zero-order valence-electron chi connectivity index (χ0n) is 15.7. The van der Waals surface area contributed by atoms with Crippen LogP contribution in [0.15, 0.2) is 91.0 Å². The summed E-state index contributed by atoms with van der Waals surface area (Å²) in [6.45, 7) is -2.64. The Hall–Kier alpha value is -2.96. The summed E-state index contributed by atoms with van der Waals surface area (Å²) in [5.74, 6) is 0.187. The first-order chi connectivity index (χ1) is 14.7. The Morgan fingerprint density at radius 1 is 0.633 bits per heavy atom. The third-order valence-electron chi connectivity index (χ3n) is 4.66. The summed E-state index contributed by atoms with van der Waals surface area (Å²) in [7, 11) is 0. The van der Waals surface area contributed by atoms with Crippen LogP contribution in [0.2, 0.25) is 10.6 Å². The first-order valence-corrected chi connectivity index (χ1v) is 11.6. The molecule has 0 amide bonds. The van der Waals surface area contributed by atoms with Gasteiger partial charge in [-0.3, -0.25) is 0 Å². The number of hydrogen-bond acceptors (Lipinski definition) is 4. The fraction of sp³-hybridized carbons (Fsp3) is 0. The highest BCUT2D eigenvalue weighted by molar-refractivity contribution is 7.96. The second-order valence-corrected chi connectivity index (χ2v) is 10.3. The van der Waals surface area contributed by atoms with Crippen LogP contribution >= 0.6 is 30.1 Å². The van der Waals surface area contributed by atoms with Crippen molar-refractivity contribution in [1.29, 1.82) is 5.26 Å². The van der Waals surface area contributed by atoms with E-state index < -0.39 is 6.89 Å². The molecule has 4 aromatic rings. The van der Waals surface area contributed by atoms with E-state index in [-0.39, 0.29) is 16.4 Å². The van der Waals surface area contributed by atoms with Gasteiger partial charge in [-0.25, -0.2) is 0 Å². The number of aromatic nitrogens is 3. The smallest absolute Gasteiger partial charge is 0.197 e. The summed E-state index contributed by atoms with van der Waals surface area (Å²) in [6, 6.07) is 32.3. The van der Waals surface area contributed by atoms with E-state index in [9.17, 15) is 5.26 Å². The Morgan fingerprint density at radius 3 is 1.33 bits per heavy atom. The molecule has 0 fully saturated rings. The van der Waals surface area contributed by atoms with Crippen molar-refractivity contribution < 1.29 is 0 Å². The predicted octanol–water partition coefficient (Wildman–Crippen LogP) is 4.22. The highest BCUT2D eigenvalue weighted by Crippen LogP contribution is 2.47. The molecule has 3 aromatic carbocycles. The molecule has 0 N–H and O–H groups in total. The van der Waals surface area contributed by atoms with E-state index in [4.69, 9.17) is 23.2 Å². The maximum Gasteiger partial charge on any atom is 0.227 e. The number of hydrogen-bond donors (Lipinski definition) is 0. The van der Waals surface area contributed by atoms with E-state index in [0.29, 0.717) is 5.29 Å². The molecule has 0 atom stereocenters. The third kappa shape index (κ3) is 3.64. The molecule has 0 aliphatic heterocycles. The lowest BCUT2D eigenvalue weighted by Gasteiger charge is -2.30. The molecule has 4 nitrogen and oxygen atoms in total. The molecule has 0 aliphatic carbocycles. The van der Waals surface area contributed by atoms with E-state index in [1.54, 1.807) is 0 Å². The quantitative estimate of drug-likeness (QED) is 0.438. The molecule has 0 unspecified atom stereocenters.